The minimum atomic E-state index is -0.729. The van der Waals surface area contributed by atoms with Crippen LogP contribution in [-0.2, 0) is 0 Å². The SMILES string of the molecule is CC1(C)CC2(CC(C)(C)[NH2+]1)N=C1C(=[N+]2[O-])CCC/C1=N\O. The van der Waals surface area contributed by atoms with Gasteiger partial charge in [0.05, 0.1) is 23.9 Å². The lowest BCUT2D eigenvalue weighted by molar-refractivity contribution is -0.804. The van der Waals surface area contributed by atoms with Gasteiger partial charge in [0.15, 0.2) is 5.71 Å². The van der Waals surface area contributed by atoms with Crippen molar-refractivity contribution in [3.8, 4) is 0 Å². The summed E-state index contributed by atoms with van der Waals surface area (Å²) in [5, 5.41) is 27.9. The van der Waals surface area contributed by atoms with Crippen molar-refractivity contribution < 1.29 is 15.3 Å². The number of hydrogen-bond donors (Lipinski definition) is 2. The van der Waals surface area contributed by atoms with Crippen LogP contribution in [0, 0.1) is 5.21 Å². The van der Waals surface area contributed by atoms with Crippen molar-refractivity contribution in [2.45, 2.75) is 76.5 Å². The van der Waals surface area contributed by atoms with Gasteiger partial charge in [0, 0.05) is 6.42 Å². The number of nitrogens with zero attached hydrogens (tertiary/aromatic N) is 3. The summed E-state index contributed by atoms with van der Waals surface area (Å²) in [6, 6.07) is 0. The fraction of sp³-hybridized carbons (Fsp3) is 0.800. The van der Waals surface area contributed by atoms with Gasteiger partial charge in [0.25, 0.3) is 5.66 Å². The number of fused-ring (bicyclic) bond motifs is 1. The zero-order valence-electron chi connectivity index (χ0n) is 13.3. The van der Waals surface area contributed by atoms with E-state index in [4.69, 9.17) is 4.99 Å². The van der Waals surface area contributed by atoms with E-state index in [-0.39, 0.29) is 11.1 Å². The van der Waals surface area contributed by atoms with Gasteiger partial charge in [0.1, 0.15) is 5.71 Å². The molecule has 1 spiro atoms. The molecule has 1 saturated heterocycles. The first-order chi connectivity index (χ1) is 9.68. The maximum absolute atomic E-state index is 13.0. The number of nitrogens with two attached hydrogens (primary N) is 1. The average Bonchev–Trinajstić information content (AvgIpc) is 2.58. The Balaban J connectivity index is 2.10. The minimum absolute atomic E-state index is 0.0426. The van der Waals surface area contributed by atoms with Crippen molar-refractivity contribution in [3.05, 3.63) is 5.21 Å². The second-order valence-corrected chi connectivity index (χ2v) is 8.06. The zero-order chi connectivity index (χ0) is 15.5. The molecule has 0 unspecified atom stereocenters. The van der Waals surface area contributed by atoms with Crippen molar-refractivity contribution in [3.63, 3.8) is 0 Å². The maximum atomic E-state index is 13.0. The summed E-state index contributed by atoms with van der Waals surface area (Å²) in [5.74, 6) is 0. The molecule has 0 bridgehead atoms. The van der Waals surface area contributed by atoms with Crippen LogP contribution in [0.4, 0.5) is 0 Å². The summed E-state index contributed by atoms with van der Waals surface area (Å²) in [4.78, 5) is 4.81. The van der Waals surface area contributed by atoms with Crippen LogP contribution >= 0.6 is 0 Å². The van der Waals surface area contributed by atoms with E-state index >= 15 is 0 Å². The molecule has 6 heteroatoms. The van der Waals surface area contributed by atoms with Gasteiger partial charge >= 0.3 is 0 Å². The molecule has 1 saturated carbocycles. The maximum Gasteiger partial charge on any atom is 0.278 e. The van der Waals surface area contributed by atoms with E-state index in [2.05, 4.69) is 38.2 Å². The lowest BCUT2D eigenvalue weighted by Gasteiger charge is -2.44. The molecule has 0 amide bonds. The monoisotopic (exact) mass is 293 g/mol. The fourth-order valence-corrected chi connectivity index (χ4v) is 4.66. The van der Waals surface area contributed by atoms with Gasteiger partial charge in [0.2, 0.25) is 5.71 Å². The van der Waals surface area contributed by atoms with Crippen molar-refractivity contribution in [1.82, 2.24) is 0 Å². The third-order valence-electron chi connectivity index (χ3n) is 4.70. The van der Waals surface area contributed by atoms with Crippen molar-refractivity contribution in [1.29, 1.82) is 0 Å². The Hall–Kier alpha value is -1.43. The standard InChI is InChI=1S/C15H24N4O2/c1-13(2)8-15(9-14(3,4)18-13)16-12-10(17-20)6-5-7-11(12)19(15)21/h18,20H,5-9H2,1-4H3/p+1/b17-10+. The van der Waals surface area contributed by atoms with Gasteiger partial charge in [-0.25, -0.2) is 4.99 Å². The Labute approximate surface area is 125 Å². The van der Waals surface area contributed by atoms with Crippen LogP contribution in [0.5, 0.6) is 0 Å². The number of hydrogen-bond acceptors (Lipinski definition) is 4. The van der Waals surface area contributed by atoms with E-state index in [9.17, 15) is 10.4 Å². The van der Waals surface area contributed by atoms with Gasteiger partial charge in [-0.15, -0.1) is 0 Å². The van der Waals surface area contributed by atoms with Crippen LogP contribution < -0.4 is 5.32 Å². The molecule has 6 nitrogen and oxygen atoms in total. The molecule has 2 heterocycles. The van der Waals surface area contributed by atoms with Crippen molar-refractivity contribution >= 4 is 17.1 Å². The van der Waals surface area contributed by atoms with Crippen LogP contribution in [-0.4, -0.2) is 43.8 Å². The van der Waals surface area contributed by atoms with Gasteiger partial charge in [-0.3, -0.25) is 0 Å². The molecular formula is C15H25N4O2+. The lowest BCUT2D eigenvalue weighted by atomic mass is 9.76. The Morgan fingerprint density at radius 3 is 2.38 bits per heavy atom. The van der Waals surface area contributed by atoms with Crippen LogP contribution in [0.25, 0.3) is 0 Å². The fourth-order valence-electron chi connectivity index (χ4n) is 4.66. The number of piperidine rings is 1. The molecular weight excluding hydrogens is 268 g/mol. The molecule has 0 aromatic rings. The van der Waals surface area contributed by atoms with Gasteiger partial charge in [-0.05, 0) is 40.5 Å². The predicted molar refractivity (Wildman–Crippen MR) is 81.2 cm³/mol. The quantitative estimate of drug-likeness (QED) is 0.302. The van der Waals surface area contributed by atoms with E-state index in [1.807, 2.05) is 0 Å². The van der Waals surface area contributed by atoms with E-state index < -0.39 is 5.66 Å². The van der Waals surface area contributed by atoms with Crippen LogP contribution in [0.1, 0.15) is 59.8 Å². The number of rotatable bonds is 0. The Morgan fingerprint density at radius 1 is 1.19 bits per heavy atom. The van der Waals surface area contributed by atoms with Gasteiger partial charge in [-0.2, -0.15) is 4.74 Å². The average molecular weight is 293 g/mol. The molecule has 3 rings (SSSR count). The number of aliphatic imine (C=N–C) groups is 1. The number of hydroxylamine groups is 1. The van der Waals surface area contributed by atoms with E-state index in [0.717, 1.165) is 17.6 Å². The van der Waals surface area contributed by atoms with E-state index in [0.29, 0.717) is 36.4 Å². The van der Waals surface area contributed by atoms with Crippen LogP contribution in [0.15, 0.2) is 10.1 Å². The molecule has 0 radical (unpaired) electrons. The second kappa shape index (κ2) is 4.29. The normalized spacial score (nSPS) is 31.4. The molecule has 2 aliphatic heterocycles. The molecule has 0 aromatic carbocycles. The molecule has 116 valence electrons. The van der Waals surface area contributed by atoms with E-state index in [1.54, 1.807) is 0 Å². The highest BCUT2D eigenvalue weighted by atomic mass is 16.5. The number of oxime groups is 1. The van der Waals surface area contributed by atoms with Gasteiger partial charge in [-0.1, -0.05) is 5.16 Å². The summed E-state index contributed by atoms with van der Waals surface area (Å²) in [5.41, 5.74) is 1.11. The van der Waals surface area contributed by atoms with Crippen LogP contribution in [0.3, 0.4) is 0 Å². The molecule has 21 heavy (non-hydrogen) atoms. The first-order valence-electron chi connectivity index (χ1n) is 7.70. The topological polar surface area (TPSA) is 87.6 Å². The summed E-state index contributed by atoms with van der Waals surface area (Å²) < 4.78 is 1.13. The summed E-state index contributed by atoms with van der Waals surface area (Å²) in [6.45, 7) is 8.66. The van der Waals surface area contributed by atoms with Crippen molar-refractivity contribution in [2.75, 3.05) is 0 Å². The van der Waals surface area contributed by atoms with Crippen molar-refractivity contribution in [2.24, 2.45) is 10.1 Å². The minimum Gasteiger partial charge on any atom is -0.622 e. The summed E-state index contributed by atoms with van der Waals surface area (Å²) >= 11 is 0. The molecule has 0 aromatic heterocycles. The highest BCUT2D eigenvalue weighted by Crippen LogP contribution is 2.39. The van der Waals surface area contributed by atoms with Crippen LogP contribution in [0.2, 0.25) is 0 Å². The Bertz CT molecular complexity index is 556. The summed E-state index contributed by atoms with van der Waals surface area (Å²) in [7, 11) is 0. The third kappa shape index (κ3) is 2.25. The molecule has 1 aliphatic carbocycles. The van der Waals surface area contributed by atoms with E-state index in [1.165, 1.54) is 0 Å². The first kappa shape index (κ1) is 14.5. The molecule has 0 atom stereocenters. The number of quaternary nitrogens is 1. The zero-order valence-corrected chi connectivity index (χ0v) is 13.3. The third-order valence-corrected chi connectivity index (χ3v) is 4.70. The molecule has 3 aliphatic rings. The second-order valence-electron chi connectivity index (χ2n) is 8.06. The highest BCUT2D eigenvalue weighted by molar-refractivity contribution is 6.68. The smallest absolute Gasteiger partial charge is 0.278 e. The highest BCUT2D eigenvalue weighted by Gasteiger charge is 2.60. The van der Waals surface area contributed by atoms with Gasteiger partial charge < -0.3 is 15.7 Å². The molecule has 2 fully saturated rings. The Kier molecular flexibility index (Phi) is 2.96. The predicted octanol–water partition coefficient (Wildman–Crippen LogP) is 1.02. The molecule has 3 N–H and O–H groups in total. The Morgan fingerprint density at radius 2 is 1.81 bits per heavy atom. The largest absolute Gasteiger partial charge is 0.622 e. The first-order valence-corrected chi connectivity index (χ1v) is 7.70. The lowest BCUT2D eigenvalue weighted by Crippen LogP contribution is -3.06. The summed E-state index contributed by atoms with van der Waals surface area (Å²) in [6.07, 6.45) is 3.69.